The van der Waals surface area contributed by atoms with Crippen LogP contribution < -0.4 is 10.0 Å². The molecule has 4 aromatic rings. The van der Waals surface area contributed by atoms with Crippen LogP contribution in [0.5, 0.6) is 0 Å². The number of fused-ring (bicyclic) bond motifs is 2. The largest absolute Gasteiger partial charge is 0.382 e. The van der Waals surface area contributed by atoms with Gasteiger partial charge in [-0.2, -0.15) is 0 Å². The fourth-order valence-corrected chi connectivity index (χ4v) is 12.5. The Kier molecular flexibility index (Phi) is 26.0. The number of sulfone groups is 1. The molecule has 0 aromatic heterocycles. The van der Waals surface area contributed by atoms with Crippen LogP contribution in [0.1, 0.15) is 64.5 Å². The van der Waals surface area contributed by atoms with Gasteiger partial charge in [-0.3, -0.25) is 9.59 Å². The molecule has 0 saturated carbocycles. The number of carbonyl (C=O) groups excluding carboxylic acids is 2. The number of aliphatic hydroxyl groups is 2. The summed E-state index contributed by atoms with van der Waals surface area (Å²) in [6.45, 7) is 5.56. The first-order valence-electron chi connectivity index (χ1n) is 25.7. The second-order valence-corrected chi connectivity index (χ2v) is 24.6. The van der Waals surface area contributed by atoms with Gasteiger partial charge in [0.15, 0.2) is 21.7 Å². The Morgan fingerprint density at radius 3 is 1.49 bits per heavy atom. The van der Waals surface area contributed by atoms with Gasteiger partial charge in [0.1, 0.15) is 6.10 Å². The fourth-order valence-electron chi connectivity index (χ4n) is 9.10. The van der Waals surface area contributed by atoms with Gasteiger partial charge in [0, 0.05) is 90.8 Å². The topological polar surface area (TPSA) is 229 Å². The summed E-state index contributed by atoms with van der Waals surface area (Å²) in [5.74, 6) is -1.70. The highest BCUT2D eigenvalue weighted by atomic mass is 35.5. The normalized spacial score (nSPS) is 16.9. The van der Waals surface area contributed by atoms with Crippen molar-refractivity contribution in [2.24, 2.45) is 0 Å². The smallest absolute Gasteiger partial charge is 0.252 e. The van der Waals surface area contributed by atoms with E-state index >= 15 is 0 Å². The molecule has 18 nitrogen and oxygen atoms in total. The highest BCUT2D eigenvalue weighted by Gasteiger charge is 2.31. The number of rotatable bonds is 34. The maximum absolute atomic E-state index is 13.0. The molecular weight excluding hydrogens is 1130 g/mol. The lowest BCUT2D eigenvalue weighted by molar-refractivity contribution is -0.145. The molecule has 4 aromatic carbocycles. The summed E-state index contributed by atoms with van der Waals surface area (Å²) >= 11 is 25.6. The monoisotopic (exact) mass is 1200 g/mol. The van der Waals surface area contributed by atoms with Crippen molar-refractivity contribution in [2.75, 3.05) is 125 Å². The summed E-state index contributed by atoms with van der Waals surface area (Å²) in [6, 6.07) is 21.1. The third kappa shape index (κ3) is 19.4. The molecule has 4 atom stereocenters. The molecule has 0 bridgehead atoms. The summed E-state index contributed by atoms with van der Waals surface area (Å²) in [5.41, 5.74) is 6.07. The zero-order valence-corrected chi connectivity index (χ0v) is 48.5. The average molecular weight is 1210 g/mol. The van der Waals surface area contributed by atoms with Crippen LogP contribution in [-0.4, -0.2) is 186 Å². The lowest BCUT2D eigenvalue weighted by Crippen LogP contribution is -2.46. The zero-order valence-electron chi connectivity index (χ0n) is 43.8. The number of benzene rings is 4. The predicted octanol–water partition coefficient (Wildman–Crippen LogP) is 5.88. The third-order valence-electron chi connectivity index (χ3n) is 13.1. The Labute approximate surface area is 477 Å². The Bertz CT molecular complexity index is 2610. The van der Waals surface area contributed by atoms with Crippen LogP contribution in [0.15, 0.2) is 82.6 Å². The van der Waals surface area contributed by atoms with E-state index in [0.29, 0.717) is 39.6 Å². The van der Waals surface area contributed by atoms with Gasteiger partial charge in [-0.05, 0) is 109 Å². The minimum Gasteiger partial charge on any atom is -0.382 e. The van der Waals surface area contributed by atoms with Crippen LogP contribution in [-0.2, 0) is 71.0 Å². The van der Waals surface area contributed by atoms with Crippen molar-refractivity contribution >= 4 is 78.0 Å². The number of nitrogens with zero attached hydrogens (tertiary/aromatic N) is 2. The molecule has 2 aliphatic heterocycles. The van der Waals surface area contributed by atoms with Gasteiger partial charge in [0.2, 0.25) is 10.0 Å². The number of hydrogen-bond acceptors (Lipinski definition) is 16. The van der Waals surface area contributed by atoms with Crippen LogP contribution >= 0.6 is 46.4 Å². The summed E-state index contributed by atoms with van der Waals surface area (Å²) < 4.78 is 87.3. The van der Waals surface area contributed by atoms with Crippen LogP contribution in [0.4, 0.5) is 0 Å². The molecule has 2 heterocycles. The molecule has 430 valence electrons. The van der Waals surface area contributed by atoms with Gasteiger partial charge in [-0.15, -0.1) is 0 Å². The van der Waals surface area contributed by atoms with E-state index in [9.17, 15) is 36.6 Å². The highest BCUT2D eigenvalue weighted by molar-refractivity contribution is 7.91. The molecule has 78 heavy (non-hydrogen) atoms. The number of hydrogen-bond donors (Lipinski definition) is 4. The Morgan fingerprint density at radius 2 is 1.00 bits per heavy atom. The molecular formula is C54H70Cl4N4O14S2. The van der Waals surface area contributed by atoms with Crippen molar-refractivity contribution in [3.8, 4) is 0 Å². The molecule has 0 fully saturated rings. The standard InChI is InChI=1S/C54H70Cl4N4O14S2/c1-61-33-45(43-29-39(55)31-49(57)47(43)35-61)37-6-10-41(11-7-37)77(67,68)28-4-17-72-21-25-75-24-20-71-16-3-5-51(63)52(64)53(65)54(66)59-14-18-73-22-26-76-27-23-74-19-15-60-78(69,70)42-12-8-38(9-13-42)46-34-62(2)36-48-44(46)30-40(56)32-50(48)58/h6-13,29-32,45-46,52-53,60,64-65H,3-5,14-28,33-36H2,1-2H3,(H,59,66). The molecule has 6 rings (SSSR count). The number of Topliss-reactive ketones (excluding diaryl/α,β-unsaturated/α-hetero) is 1. The van der Waals surface area contributed by atoms with Gasteiger partial charge < -0.3 is 53.8 Å². The second-order valence-electron chi connectivity index (χ2n) is 19.0. The van der Waals surface area contributed by atoms with Crippen molar-refractivity contribution < 1.29 is 65.1 Å². The van der Waals surface area contributed by atoms with Crippen molar-refractivity contribution in [1.82, 2.24) is 19.8 Å². The maximum atomic E-state index is 13.0. The molecule has 0 saturated heterocycles. The third-order valence-corrected chi connectivity index (χ3v) is 17.5. The molecule has 0 radical (unpaired) electrons. The molecule has 4 unspecified atom stereocenters. The number of aliphatic hydroxyl groups excluding tert-OH is 2. The van der Waals surface area contributed by atoms with Crippen LogP contribution in [0.2, 0.25) is 20.1 Å². The van der Waals surface area contributed by atoms with Gasteiger partial charge >= 0.3 is 0 Å². The quantitative estimate of drug-likeness (QED) is 0.0400. The summed E-state index contributed by atoms with van der Waals surface area (Å²) in [7, 11) is -3.25. The molecule has 1 amide bonds. The number of ether oxygens (including phenoxy) is 6. The van der Waals surface area contributed by atoms with Crippen molar-refractivity contribution in [3.63, 3.8) is 0 Å². The maximum Gasteiger partial charge on any atom is 0.252 e. The van der Waals surface area contributed by atoms with E-state index < -0.39 is 43.8 Å². The minimum absolute atomic E-state index is 0.00700. The van der Waals surface area contributed by atoms with Gasteiger partial charge in [-0.25, -0.2) is 21.6 Å². The average Bonchev–Trinajstić information content (AvgIpc) is 3.47. The Hall–Kier alpha value is -3.36. The van der Waals surface area contributed by atoms with Gasteiger partial charge in [-0.1, -0.05) is 70.7 Å². The molecule has 2 aliphatic rings. The van der Waals surface area contributed by atoms with Crippen LogP contribution in [0.25, 0.3) is 0 Å². The molecule has 24 heteroatoms. The first-order valence-corrected chi connectivity index (χ1v) is 30.4. The van der Waals surface area contributed by atoms with Crippen molar-refractivity contribution in [2.45, 2.75) is 66.2 Å². The minimum atomic E-state index is -3.77. The Morgan fingerprint density at radius 1 is 0.577 bits per heavy atom. The SMILES string of the molecule is CN1Cc2c(Cl)cc(Cl)cc2C(c2ccc(S(=O)(=O)CCCOCCOCCOCCCC(=O)C(O)C(O)C(=O)NCCOCCOCCOCCNS(=O)(=O)c3ccc(C4CN(C)Cc5c(Cl)cc(Cl)cc54)cc3)cc2)C1. The van der Waals surface area contributed by atoms with Crippen molar-refractivity contribution in [3.05, 3.63) is 126 Å². The van der Waals surface area contributed by atoms with E-state index in [0.717, 1.165) is 46.5 Å². The van der Waals surface area contributed by atoms with Gasteiger partial charge in [0.05, 0.1) is 81.6 Å². The van der Waals surface area contributed by atoms with Crippen LogP contribution in [0, 0.1) is 0 Å². The highest BCUT2D eigenvalue weighted by Crippen LogP contribution is 2.40. The van der Waals surface area contributed by atoms with E-state index in [2.05, 4.69) is 19.8 Å². The summed E-state index contributed by atoms with van der Waals surface area (Å²) in [6.07, 6.45) is -3.41. The van der Waals surface area contributed by atoms with E-state index in [1.165, 1.54) is 0 Å². The molecule has 0 spiro atoms. The number of carbonyl (C=O) groups is 2. The van der Waals surface area contributed by atoms with Gasteiger partial charge in [0.25, 0.3) is 5.91 Å². The Balaban J connectivity index is 0.705. The number of halogens is 4. The zero-order chi connectivity index (χ0) is 56.2. The van der Waals surface area contributed by atoms with E-state index in [1.807, 2.05) is 50.5 Å². The van der Waals surface area contributed by atoms with E-state index in [1.54, 1.807) is 36.4 Å². The predicted molar refractivity (Wildman–Crippen MR) is 298 cm³/mol. The fraction of sp³-hybridized carbons (Fsp3) is 0.519. The number of ketones is 1. The molecule has 4 N–H and O–H groups in total. The number of nitrogens with one attached hydrogen (secondary N) is 2. The second kappa shape index (κ2) is 31.7. The van der Waals surface area contributed by atoms with Crippen LogP contribution in [0.3, 0.4) is 0 Å². The summed E-state index contributed by atoms with van der Waals surface area (Å²) in [4.78, 5) is 29.4. The number of sulfonamides is 1. The van der Waals surface area contributed by atoms with E-state index in [4.69, 9.17) is 74.8 Å². The molecule has 0 aliphatic carbocycles. The first kappa shape index (κ1) is 63.8. The van der Waals surface area contributed by atoms with E-state index in [-0.39, 0.29) is 133 Å². The van der Waals surface area contributed by atoms with Crippen molar-refractivity contribution in [1.29, 1.82) is 0 Å². The number of likely N-dealkylation sites (N-methyl/N-ethyl adjacent to an activating group) is 2. The first-order chi connectivity index (χ1) is 37.3. The number of amides is 1. The lowest BCUT2D eigenvalue weighted by Gasteiger charge is -2.33. The summed E-state index contributed by atoms with van der Waals surface area (Å²) in [5, 5.41) is 25.2. The lowest BCUT2D eigenvalue weighted by atomic mass is 9.85.